The molecule has 0 amide bonds. The second-order valence-corrected chi connectivity index (χ2v) is 3.03. The Morgan fingerprint density at radius 2 is 2.00 bits per heavy atom. The Kier molecular flexibility index (Phi) is 1.44. The average molecular weight is 185 g/mol. The van der Waals surface area contributed by atoms with Crippen LogP contribution < -0.4 is 4.74 Å². The Hall–Kier alpha value is -2.03. The van der Waals surface area contributed by atoms with Gasteiger partial charge < -0.3 is 9.57 Å². The molecule has 0 fully saturated rings. The van der Waals surface area contributed by atoms with E-state index < -0.39 is 0 Å². The molecule has 14 heavy (non-hydrogen) atoms. The predicted molar refractivity (Wildman–Crippen MR) is 52.7 cm³/mol. The predicted octanol–water partition coefficient (Wildman–Crippen LogP) is 2.32. The smallest absolute Gasteiger partial charge is 0.201 e. The van der Waals surface area contributed by atoms with E-state index >= 15 is 0 Å². The first-order valence-electron chi connectivity index (χ1n) is 4.33. The highest BCUT2D eigenvalue weighted by Crippen LogP contribution is 2.32. The lowest BCUT2D eigenvalue weighted by Gasteiger charge is -2.19. The lowest BCUT2D eigenvalue weighted by Crippen LogP contribution is -2.09. The second kappa shape index (κ2) is 2.73. The van der Waals surface area contributed by atoms with E-state index in [1.165, 1.54) is 0 Å². The monoisotopic (exact) mass is 185 g/mol. The van der Waals surface area contributed by atoms with E-state index in [2.05, 4.69) is 5.16 Å². The van der Waals surface area contributed by atoms with Crippen molar-refractivity contribution in [2.24, 2.45) is 5.16 Å². The van der Waals surface area contributed by atoms with E-state index in [1.807, 2.05) is 30.3 Å². The van der Waals surface area contributed by atoms with Gasteiger partial charge in [-0.3, -0.25) is 0 Å². The maximum Gasteiger partial charge on any atom is 0.201 e. The van der Waals surface area contributed by atoms with Crippen LogP contribution in [0.15, 0.2) is 47.0 Å². The first-order valence-corrected chi connectivity index (χ1v) is 4.33. The van der Waals surface area contributed by atoms with E-state index in [-0.39, 0.29) is 0 Å². The van der Waals surface area contributed by atoms with Crippen molar-refractivity contribution in [3.05, 3.63) is 47.4 Å². The summed E-state index contributed by atoms with van der Waals surface area (Å²) in [4.78, 5) is 5.08. The molecule has 0 radical (unpaired) electrons. The van der Waals surface area contributed by atoms with Gasteiger partial charge in [0, 0.05) is 11.6 Å². The summed E-state index contributed by atoms with van der Waals surface area (Å²) in [5, 5.41) is 3.68. The van der Waals surface area contributed by atoms with Crippen molar-refractivity contribution in [1.82, 2.24) is 0 Å². The molecule has 0 N–H and O–H groups in total. The maximum atomic E-state index is 5.61. The molecule has 0 spiro atoms. The van der Waals surface area contributed by atoms with Gasteiger partial charge in [-0.15, -0.1) is 0 Å². The van der Waals surface area contributed by atoms with E-state index in [4.69, 9.17) is 9.57 Å². The van der Waals surface area contributed by atoms with Crippen LogP contribution in [-0.4, -0.2) is 6.21 Å². The third-order valence-corrected chi connectivity index (χ3v) is 2.11. The number of oxime groups is 1. The lowest BCUT2D eigenvalue weighted by atomic mass is 10.1. The molecule has 2 heterocycles. The second-order valence-electron chi connectivity index (χ2n) is 3.03. The van der Waals surface area contributed by atoms with Crippen LogP contribution >= 0.6 is 0 Å². The molecule has 1 aromatic rings. The van der Waals surface area contributed by atoms with Crippen LogP contribution in [0.1, 0.15) is 5.56 Å². The molecule has 3 heteroatoms. The summed E-state index contributed by atoms with van der Waals surface area (Å²) in [6.07, 6.45) is 5.27. The van der Waals surface area contributed by atoms with Gasteiger partial charge in [0.25, 0.3) is 0 Å². The Labute approximate surface area is 80.9 Å². The minimum absolute atomic E-state index is 0.659. The van der Waals surface area contributed by atoms with Crippen LogP contribution in [0.25, 0.3) is 6.08 Å². The maximum absolute atomic E-state index is 5.61. The zero-order chi connectivity index (χ0) is 9.38. The zero-order valence-electron chi connectivity index (χ0n) is 7.31. The van der Waals surface area contributed by atoms with Crippen molar-refractivity contribution < 1.29 is 9.57 Å². The van der Waals surface area contributed by atoms with Crippen LogP contribution in [-0.2, 0) is 4.84 Å². The van der Waals surface area contributed by atoms with Gasteiger partial charge in [0.1, 0.15) is 5.75 Å². The molecular weight excluding hydrogens is 178 g/mol. The van der Waals surface area contributed by atoms with Gasteiger partial charge in [-0.1, -0.05) is 23.4 Å². The average Bonchev–Trinajstić information content (AvgIpc) is 2.26. The van der Waals surface area contributed by atoms with Crippen molar-refractivity contribution in [3.8, 4) is 5.75 Å². The van der Waals surface area contributed by atoms with Gasteiger partial charge in [-0.2, -0.15) is 0 Å². The molecule has 3 nitrogen and oxygen atoms in total. The molecule has 0 unspecified atom stereocenters. The topological polar surface area (TPSA) is 30.8 Å². The Bertz CT molecular complexity index is 472. The third kappa shape index (κ3) is 1.03. The summed E-state index contributed by atoms with van der Waals surface area (Å²) < 4.78 is 5.61. The number of allylic oxidation sites excluding steroid dienone is 1. The molecule has 68 valence electrons. The summed E-state index contributed by atoms with van der Waals surface area (Å²) in [6.45, 7) is 0. The number of rotatable bonds is 0. The quantitative estimate of drug-likeness (QED) is 0.621. The van der Waals surface area contributed by atoms with Crippen LogP contribution in [0.5, 0.6) is 5.75 Å². The highest BCUT2D eigenvalue weighted by atomic mass is 16.6. The van der Waals surface area contributed by atoms with Gasteiger partial charge >= 0.3 is 0 Å². The molecule has 0 bridgehead atoms. The standard InChI is InChI=1S/C11H7NO2/c1-2-4-9-8(3-1)7-11-10(13-9)5-6-12-14-11/h1-7H. The van der Waals surface area contributed by atoms with E-state index in [1.54, 1.807) is 12.3 Å². The SMILES string of the molecule is C1=NOC2=Cc3ccccc3OC2=C1. The molecule has 0 atom stereocenters. The normalized spacial score (nSPS) is 16.9. The third-order valence-electron chi connectivity index (χ3n) is 2.11. The number of para-hydroxylation sites is 1. The van der Waals surface area contributed by atoms with Gasteiger partial charge in [-0.25, -0.2) is 0 Å². The minimum Gasteiger partial charge on any atom is -0.453 e. The first-order chi connectivity index (χ1) is 6.93. The molecule has 0 saturated carbocycles. The zero-order valence-corrected chi connectivity index (χ0v) is 7.31. The molecule has 0 aliphatic carbocycles. The molecule has 3 rings (SSSR count). The molecule has 1 aromatic carbocycles. The summed E-state index contributed by atoms with van der Waals surface area (Å²) in [5.74, 6) is 2.21. The van der Waals surface area contributed by atoms with Crippen molar-refractivity contribution in [1.29, 1.82) is 0 Å². The van der Waals surface area contributed by atoms with Gasteiger partial charge in [0.05, 0.1) is 6.21 Å². The number of benzene rings is 1. The number of nitrogens with zero attached hydrogens (tertiary/aromatic N) is 1. The van der Waals surface area contributed by atoms with E-state index in [9.17, 15) is 0 Å². The number of fused-ring (bicyclic) bond motifs is 2. The van der Waals surface area contributed by atoms with Gasteiger partial charge in [0.2, 0.25) is 5.76 Å². The fraction of sp³-hybridized carbons (Fsp3) is 0. The summed E-state index contributed by atoms with van der Waals surface area (Å²) in [5.41, 5.74) is 1.01. The van der Waals surface area contributed by atoms with Gasteiger partial charge in [0.15, 0.2) is 5.76 Å². The van der Waals surface area contributed by atoms with Crippen LogP contribution in [0.3, 0.4) is 0 Å². The molecule has 2 aliphatic rings. The molecule has 0 saturated heterocycles. The minimum atomic E-state index is 0.659. The Morgan fingerprint density at radius 3 is 3.00 bits per heavy atom. The highest BCUT2D eigenvalue weighted by molar-refractivity contribution is 5.76. The number of ether oxygens (including phenoxy) is 1. The van der Waals surface area contributed by atoms with E-state index in [0.29, 0.717) is 11.5 Å². The number of hydrogen-bond donors (Lipinski definition) is 0. The fourth-order valence-corrected chi connectivity index (χ4v) is 1.45. The number of hydrogen-bond acceptors (Lipinski definition) is 3. The van der Waals surface area contributed by atoms with Crippen molar-refractivity contribution in [2.45, 2.75) is 0 Å². The Morgan fingerprint density at radius 1 is 1.07 bits per heavy atom. The van der Waals surface area contributed by atoms with Crippen LogP contribution in [0.4, 0.5) is 0 Å². The van der Waals surface area contributed by atoms with E-state index in [0.717, 1.165) is 11.3 Å². The van der Waals surface area contributed by atoms with Crippen LogP contribution in [0.2, 0.25) is 0 Å². The summed E-state index contributed by atoms with van der Waals surface area (Å²) in [6, 6.07) is 7.80. The largest absolute Gasteiger partial charge is 0.453 e. The molecular formula is C11H7NO2. The van der Waals surface area contributed by atoms with Gasteiger partial charge in [-0.05, 0) is 12.1 Å². The first kappa shape index (κ1) is 7.38. The molecule has 2 aliphatic heterocycles. The van der Waals surface area contributed by atoms with Crippen molar-refractivity contribution >= 4 is 12.3 Å². The summed E-state index contributed by atoms with van der Waals surface area (Å²) >= 11 is 0. The highest BCUT2D eigenvalue weighted by Gasteiger charge is 2.19. The molecule has 0 aromatic heterocycles. The van der Waals surface area contributed by atoms with Crippen molar-refractivity contribution in [3.63, 3.8) is 0 Å². The lowest BCUT2D eigenvalue weighted by molar-refractivity contribution is 0.208. The van der Waals surface area contributed by atoms with Crippen molar-refractivity contribution in [2.75, 3.05) is 0 Å². The Balaban J connectivity index is 2.15. The fourth-order valence-electron chi connectivity index (χ4n) is 1.45. The van der Waals surface area contributed by atoms with Crippen LogP contribution in [0, 0.1) is 0 Å². The summed E-state index contributed by atoms with van der Waals surface area (Å²) in [7, 11) is 0.